The van der Waals surface area contributed by atoms with Crippen molar-refractivity contribution >= 4 is 27.4 Å². The fourth-order valence-corrected chi connectivity index (χ4v) is 1.94. The fraction of sp³-hybridized carbons (Fsp3) is 0.143. The van der Waals surface area contributed by atoms with E-state index < -0.39 is 20.7 Å². The highest BCUT2D eigenvalue weighted by atomic mass is 35.5. The number of hydrogen-bond donors (Lipinski definition) is 1. The van der Waals surface area contributed by atoms with Crippen molar-refractivity contribution in [3.8, 4) is 5.75 Å². The monoisotopic (exact) mass is 249 g/mol. The average Bonchev–Trinajstić information content (AvgIpc) is 2.15. The molecule has 0 amide bonds. The van der Waals surface area contributed by atoms with Crippen molar-refractivity contribution in [2.24, 2.45) is 0 Å². The van der Waals surface area contributed by atoms with Crippen LogP contribution in [-0.4, -0.2) is 20.1 Å². The van der Waals surface area contributed by atoms with Crippen molar-refractivity contribution in [2.45, 2.75) is 4.90 Å². The van der Waals surface area contributed by atoms with E-state index in [0.29, 0.717) is 0 Å². The van der Waals surface area contributed by atoms with Gasteiger partial charge in [-0.1, -0.05) is 11.6 Å². The van der Waals surface area contributed by atoms with Crippen LogP contribution in [0.2, 0.25) is 5.02 Å². The first kappa shape index (κ1) is 11.7. The lowest BCUT2D eigenvalue weighted by molar-refractivity contribution is 0.415. The van der Waals surface area contributed by atoms with Crippen LogP contribution in [0.1, 0.15) is 0 Å². The molecule has 1 aromatic rings. The van der Waals surface area contributed by atoms with Crippen LogP contribution >= 0.6 is 11.6 Å². The average molecular weight is 250 g/mol. The molecule has 6 nitrogen and oxygen atoms in total. The van der Waals surface area contributed by atoms with Crippen LogP contribution in [0.5, 0.6) is 5.75 Å². The molecular weight excluding hydrogens is 244 g/mol. The predicted molar refractivity (Wildman–Crippen MR) is 52.6 cm³/mol. The van der Waals surface area contributed by atoms with Crippen LogP contribution in [0.15, 0.2) is 17.0 Å². The van der Waals surface area contributed by atoms with E-state index in [4.69, 9.17) is 26.3 Å². The third-order valence-corrected chi connectivity index (χ3v) is 2.69. The van der Waals surface area contributed by atoms with Gasteiger partial charge in [-0.05, 0) is 6.07 Å². The van der Waals surface area contributed by atoms with E-state index in [-0.39, 0.29) is 10.8 Å². The van der Waals surface area contributed by atoms with Gasteiger partial charge in [0.15, 0.2) is 9.87 Å². The summed E-state index contributed by atoms with van der Waals surface area (Å²) in [6.07, 6.45) is 0. The van der Waals surface area contributed by atoms with Crippen molar-refractivity contribution in [2.75, 3.05) is 7.11 Å². The smallest absolute Gasteiger partial charge is 0.447 e. The molecule has 0 bridgehead atoms. The molecule has 0 spiro atoms. The minimum atomic E-state index is -4.52. The van der Waals surface area contributed by atoms with E-state index in [0.717, 1.165) is 6.07 Å². The maximum atomic E-state index is 10.9. The minimum Gasteiger partial charge on any atom is -0.489 e. The van der Waals surface area contributed by atoms with E-state index in [1.165, 1.54) is 13.2 Å². The van der Waals surface area contributed by atoms with Gasteiger partial charge in [-0.3, -0.25) is 4.55 Å². The lowest BCUT2D eigenvalue weighted by Gasteiger charge is -2.00. The number of halogens is 1. The second kappa shape index (κ2) is 4.02. The molecule has 0 aliphatic heterocycles. The Morgan fingerprint density at radius 3 is 2.53 bits per heavy atom. The van der Waals surface area contributed by atoms with E-state index in [1.54, 1.807) is 0 Å². The van der Waals surface area contributed by atoms with Crippen molar-refractivity contribution < 1.29 is 17.7 Å². The highest BCUT2D eigenvalue weighted by Gasteiger charge is 2.30. The zero-order chi connectivity index (χ0) is 11.6. The van der Waals surface area contributed by atoms with Crippen molar-refractivity contribution in [1.29, 1.82) is 5.39 Å². The molecule has 0 aromatic heterocycles. The topological polar surface area (TPSA) is 91.8 Å². The molecule has 0 atom stereocenters. The number of hydrogen-bond acceptors (Lipinski definition) is 4. The first-order chi connectivity index (χ1) is 6.90. The van der Waals surface area contributed by atoms with Crippen molar-refractivity contribution in [1.82, 2.24) is 0 Å². The van der Waals surface area contributed by atoms with Crippen LogP contribution in [0.25, 0.3) is 4.98 Å². The summed E-state index contributed by atoms with van der Waals surface area (Å²) < 4.78 is 35.4. The molecule has 0 heterocycles. The molecular formula is C7H6ClN2O4S+. The van der Waals surface area contributed by atoms with Crippen LogP contribution in [0.3, 0.4) is 0 Å². The summed E-state index contributed by atoms with van der Waals surface area (Å²) >= 11 is 5.58. The van der Waals surface area contributed by atoms with Gasteiger partial charge in [-0.2, -0.15) is 8.42 Å². The molecule has 0 fully saturated rings. The zero-order valence-corrected chi connectivity index (χ0v) is 9.08. The molecule has 0 unspecified atom stereocenters. The van der Waals surface area contributed by atoms with E-state index >= 15 is 0 Å². The first-order valence-corrected chi connectivity index (χ1v) is 5.42. The molecule has 1 N–H and O–H groups in total. The highest BCUT2D eigenvalue weighted by molar-refractivity contribution is 7.86. The van der Waals surface area contributed by atoms with E-state index in [1.807, 2.05) is 0 Å². The lowest BCUT2D eigenvalue weighted by atomic mass is 10.3. The Kier molecular flexibility index (Phi) is 3.14. The normalized spacial score (nSPS) is 10.8. The van der Waals surface area contributed by atoms with Crippen LogP contribution < -0.4 is 4.74 Å². The Morgan fingerprint density at radius 2 is 2.13 bits per heavy atom. The predicted octanol–water partition coefficient (Wildman–Crippen LogP) is 2.08. The zero-order valence-electron chi connectivity index (χ0n) is 7.51. The van der Waals surface area contributed by atoms with Gasteiger partial charge < -0.3 is 4.74 Å². The maximum Gasteiger partial charge on any atom is 0.447 e. The number of ether oxygens (including phenoxy) is 1. The largest absolute Gasteiger partial charge is 0.489 e. The number of benzene rings is 1. The van der Waals surface area contributed by atoms with Gasteiger partial charge in [0.25, 0.3) is 0 Å². The standard InChI is InChI=1S/C7H5ClN2O4S/c1-14-5-2-4(8)3-6(7(5)10-9)15(11,12)13/h2-3H,1H3/p+1. The van der Waals surface area contributed by atoms with Gasteiger partial charge in [-0.25, -0.2) is 0 Å². The first-order valence-electron chi connectivity index (χ1n) is 3.60. The summed E-state index contributed by atoms with van der Waals surface area (Å²) in [4.78, 5) is 2.11. The Bertz CT molecular complexity index is 535. The number of diazo groups is 1. The molecule has 1 aromatic carbocycles. The van der Waals surface area contributed by atoms with Gasteiger partial charge in [0.05, 0.1) is 7.11 Å². The Balaban J connectivity index is 3.66. The number of nitrogens with zero attached hydrogens (tertiary/aromatic N) is 2. The minimum absolute atomic E-state index is 0.0341. The summed E-state index contributed by atoms with van der Waals surface area (Å²) in [5.74, 6) is -0.0578. The van der Waals surface area contributed by atoms with E-state index in [9.17, 15) is 8.42 Å². The molecule has 0 saturated carbocycles. The summed E-state index contributed by atoms with van der Waals surface area (Å²) in [6, 6.07) is 2.21. The summed E-state index contributed by atoms with van der Waals surface area (Å²) in [7, 11) is -3.27. The Labute approximate surface area is 90.8 Å². The lowest BCUT2D eigenvalue weighted by Crippen LogP contribution is -1.99. The second-order valence-electron chi connectivity index (χ2n) is 2.53. The quantitative estimate of drug-likeness (QED) is 0.640. The summed E-state index contributed by atoms with van der Waals surface area (Å²) in [6.45, 7) is 0. The molecule has 0 aliphatic rings. The van der Waals surface area contributed by atoms with Gasteiger partial charge in [0.2, 0.25) is 11.1 Å². The van der Waals surface area contributed by atoms with Crippen molar-refractivity contribution in [3.63, 3.8) is 0 Å². The second-order valence-corrected chi connectivity index (χ2v) is 4.36. The molecule has 0 aliphatic carbocycles. The van der Waals surface area contributed by atoms with Crippen LogP contribution in [-0.2, 0) is 10.1 Å². The van der Waals surface area contributed by atoms with Crippen molar-refractivity contribution in [3.05, 3.63) is 22.1 Å². The Morgan fingerprint density at radius 1 is 1.53 bits per heavy atom. The molecule has 1 rings (SSSR count). The van der Waals surface area contributed by atoms with Gasteiger partial charge >= 0.3 is 15.8 Å². The third-order valence-electron chi connectivity index (χ3n) is 1.60. The fourth-order valence-electron chi connectivity index (χ4n) is 1.00. The van der Waals surface area contributed by atoms with E-state index in [2.05, 4.69) is 4.98 Å². The third kappa shape index (κ3) is 2.36. The molecule has 8 heteroatoms. The highest BCUT2D eigenvalue weighted by Crippen LogP contribution is 2.37. The SMILES string of the molecule is COc1cc(Cl)cc(S(=O)(=O)O)c1[N+]#N. The summed E-state index contributed by atoms with van der Waals surface area (Å²) in [5, 5.41) is 8.65. The van der Waals surface area contributed by atoms with Gasteiger partial charge in [0.1, 0.15) is 0 Å². The number of rotatable bonds is 2. The Hall–Kier alpha value is -1.36. The van der Waals surface area contributed by atoms with Crippen LogP contribution in [0, 0.1) is 5.39 Å². The maximum absolute atomic E-state index is 10.9. The molecule has 0 radical (unpaired) electrons. The molecule has 80 valence electrons. The summed E-state index contributed by atoms with van der Waals surface area (Å²) in [5.41, 5.74) is -0.399. The van der Waals surface area contributed by atoms with Crippen LogP contribution in [0.4, 0.5) is 5.69 Å². The molecule has 0 saturated heterocycles. The molecule has 15 heavy (non-hydrogen) atoms. The number of methoxy groups -OCH3 is 1. The van der Waals surface area contributed by atoms with Gasteiger partial charge in [0, 0.05) is 11.1 Å². The van der Waals surface area contributed by atoms with Gasteiger partial charge in [-0.15, -0.1) is 0 Å².